The highest BCUT2D eigenvalue weighted by molar-refractivity contribution is 8.00. The monoisotopic (exact) mass is 473 g/mol. The second kappa shape index (κ2) is 8.51. The number of carbonyl (C=O) groups excluding carboxylic acids is 1. The molecule has 32 heavy (non-hydrogen) atoms. The number of anilines is 1. The molecule has 1 saturated heterocycles. The number of morpholine rings is 1. The number of sulfonamides is 1. The normalized spacial score (nSPS) is 18.1. The Morgan fingerprint density at radius 2 is 1.91 bits per heavy atom. The van der Waals surface area contributed by atoms with Crippen LogP contribution in [0.1, 0.15) is 12.5 Å². The number of hydrogen-bond acceptors (Lipinski definition) is 7. The number of aromatic nitrogens is 1. The number of amides is 1. The molecule has 0 aliphatic carbocycles. The molecule has 168 valence electrons. The van der Waals surface area contributed by atoms with Gasteiger partial charge in [-0.25, -0.2) is 13.4 Å². The van der Waals surface area contributed by atoms with Crippen molar-refractivity contribution in [2.45, 2.75) is 28.7 Å². The van der Waals surface area contributed by atoms with Gasteiger partial charge in [-0.2, -0.15) is 4.31 Å². The second-order valence-electron chi connectivity index (χ2n) is 7.75. The van der Waals surface area contributed by atoms with E-state index in [4.69, 9.17) is 9.15 Å². The summed E-state index contributed by atoms with van der Waals surface area (Å²) in [6.45, 7) is 3.94. The molecule has 2 aliphatic heterocycles. The highest BCUT2D eigenvalue weighted by atomic mass is 32.2. The Morgan fingerprint density at radius 3 is 2.72 bits per heavy atom. The molecule has 0 N–H and O–H groups in total. The summed E-state index contributed by atoms with van der Waals surface area (Å²) in [5.41, 5.74) is 3.07. The molecule has 0 radical (unpaired) electrons. The first-order chi connectivity index (χ1) is 15.4. The lowest BCUT2D eigenvalue weighted by Crippen LogP contribution is -2.40. The first-order valence-electron chi connectivity index (χ1n) is 10.5. The minimum atomic E-state index is -3.62. The van der Waals surface area contributed by atoms with Crippen LogP contribution in [0.5, 0.6) is 0 Å². The SMILES string of the molecule is CC(Sc1nc2cc(S(=O)(=O)N3CCOCC3)ccc2o1)C(=O)N1CCc2ccccc21. The summed E-state index contributed by atoms with van der Waals surface area (Å²) < 4.78 is 38.3. The van der Waals surface area contributed by atoms with Crippen LogP contribution < -0.4 is 4.90 Å². The van der Waals surface area contributed by atoms with E-state index in [0.717, 1.165) is 12.1 Å². The van der Waals surface area contributed by atoms with Crippen LogP contribution in [0.3, 0.4) is 0 Å². The average Bonchev–Trinajstić information content (AvgIpc) is 3.42. The van der Waals surface area contributed by atoms with Crippen LogP contribution in [0.4, 0.5) is 5.69 Å². The van der Waals surface area contributed by atoms with Gasteiger partial charge in [0.25, 0.3) is 5.22 Å². The minimum Gasteiger partial charge on any atom is -0.431 e. The number of nitrogens with zero attached hydrogens (tertiary/aromatic N) is 3. The van der Waals surface area contributed by atoms with Crippen molar-refractivity contribution < 1.29 is 22.4 Å². The van der Waals surface area contributed by atoms with Crippen molar-refractivity contribution in [2.75, 3.05) is 37.7 Å². The fourth-order valence-electron chi connectivity index (χ4n) is 4.02. The van der Waals surface area contributed by atoms with Crippen molar-refractivity contribution in [1.29, 1.82) is 0 Å². The van der Waals surface area contributed by atoms with E-state index in [1.165, 1.54) is 33.8 Å². The average molecular weight is 474 g/mol. The van der Waals surface area contributed by atoms with Crippen LogP contribution in [-0.2, 0) is 26.0 Å². The fourth-order valence-corrected chi connectivity index (χ4v) is 6.27. The first kappa shape index (κ1) is 21.4. The number of oxazole rings is 1. The maximum absolute atomic E-state index is 13.0. The highest BCUT2D eigenvalue weighted by Crippen LogP contribution is 2.33. The first-order valence-corrected chi connectivity index (χ1v) is 12.8. The van der Waals surface area contributed by atoms with E-state index in [0.29, 0.717) is 49.2 Å². The van der Waals surface area contributed by atoms with Crippen LogP contribution in [0.25, 0.3) is 11.1 Å². The third kappa shape index (κ3) is 3.92. The maximum Gasteiger partial charge on any atom is 0.257 e. The Balaban J connectivity index is 1.34. The molecule has 2 aliphatic rings. The van der Waals surface area contributed by atoms with E-state index in [1.807, 2.05) is 36.1 Å². The van der Waals surface area contributed by atoms with E-state index in [9.17, 15) is 13.2 Å². The van der Waals surface area contributed by atoms with Gasteiger partial charge in [0.2, 0.25) is 15.9 Å². The van der Waals surface area contributed by atoms with Gasteiger partial charge in [0, 0.05) is 25.3 Å². The molecule has 8 nitrogen and oxygen atoms in total. The number of fused-ring (bicyclic) bond motifs is 2. The van der Waals surface area contributed by atoms with Crippen LogP contribution in [0.2, 0.25) is 0 Å². The summed E-state index contributed by atoms with van der Waals surface area (Å²) in [4.78, 5) is 19.5. The largest absolute Gasteiger partial charge is 0.431 e. The maximum atomic E-state index is 13.0. The lowest BCUT2D eigenvalue weighted by Gasteiger charge is -2.25. The van der Waals surface area contributed by atoms with E-state index in [-0.39, 0.29) is 10.8 Å². The predicted octanol–water partition coefficient (Wildman–Crippen LogP) is 2.92. The summed E-state index contributed by atoms with van der Waals surface area (Å²) in [5, 5.41) is -0.0555. The predicted molar refractivity (Wildman–Crippen MR) is 121 cm³/mol. The summed E-state index contributed by atoms with van der Waals surface area (Å²) >= 11 is 1.23. The standard InChI is InChI=1S/C22H23N3O5S2/c1-15(21(26)25-9-8-16-4-2-3-5-19(16)25)31-22-23-18-14-17(6-7-20(18)30-22)32(27,28)24-10-12-29-13-11-24/h2-7,14-15H,8-13H2,1H3. The molecule has 0 spiro atoms. The number of carbonyl (C=O) groups is 1. The summed E-state index contributed by atoms with van der Waals surface area (Å²) in [5.74, 6) is -0.00205. The van der Waals surface area contributed by atoms with Crippen LogP contribution in [0.15, 0.2) is 57.0 Å². The van der Waals surface area contributed by atoms with E-state index in [2.05, 4.69) is 4.98 Å². The number of benzene rings is 2. The minimum absolute atomic E-state index is 0.00205. The van der Waals surface area contributed by atoms with Crippen LogP contribution >= 0.6 is 11.8 Å². The van der Waals surface area contributed by atoms with Crippen LogP contribution in [-0.4, -0.2) is 61.7 Å². The van der Waals surface area contributed by atoms with Crippen molar-refractivity contribution in [2.24, 2.45) is 0 Å². The molecule has 1 aromatic heterocycles. The van der Waals surface area contributed by atoms with Gasteiger partial charge in [-0.1, -0.05) is 30.0 Å². The highest BCUT2D eigenvalue weighted by Gasteiger charge is 2.30. The van der Waals surface area contributed by atoms with Crippen molar-refractivity contribution in [3.63, 3.8) is 0 Å². The molecule has 0 saturated carbocycles. The fraction of sp³-hybridized carbons (Fsp3) is 0.364. The van der Waals surface area contributed by atoms with Gasteiger partial charge in [0.1, 0.15) is 5.52 Å². The molecular weight excluding hydrogens is 450 g/mol. The third-order valence-electron chi connectivity index (χ3n) is 5.73. The van der Waals surface area contributed by atoms with Crippen molar-refractivity contribution in [3.8, 4) is 0 Å². The Kier molecular flexibility index (Phi) is 5.70. The molecule has 1 unspecified atom stereocenters. The van der Waals surface area contributed by atoms with Gasteiger partial charge in [-0.05, 0) is 43.2 Å². The van der Waals surface area contributed by atoms with Crippen molar-refractivity contribution >= 4 is 44.5 Å². The molecule has 1 amide bonds. The van der Waals surface area contributed by atoms with Crippen molar-refractivity contribution in [3.05, 3.63) is 48.0 Å². The lowest BCUT2D eigenvalue weighted by molar-refractivity contribution is -0.117. The van der Waals surface area contributed by atoms with E-state index < -0.39 is 15.3 Å². The number of para-hydroxylation sites is 1. The Morgan fingerprint density at radius 1 is 1.12 bits per heavy atom. The number of hydrogen-bond donors (Lipinski definition) is 0. The zero-order valence-electron chi connectivity index (χ0n) is 17.6. The van der Waals surface area contributed by atoms with Gasteiger partial charge in [0.15, 0.2) is 5.58 Å². The smallest absolute Gasteiger partial charge is 0.257 e. The molecular formula is C22H23N3O5S2. The number of rotatable bonds is 5. The van der Waals surface area contributed by atoms with Gasteiger partial charge >= 0.3 is 0 Å². The zero-order chi connectivity index (χ0) is 22.3. The quantitative estimate of drug-likeness (QED) is 0.526. The molecule has 3 aromatic rings. The molecule has 10 heteroatoms. The molecule has 1 atom stereocenters. The van der Waals surface area contributed by atoms with Gasteiger partial charge in [0.05, 0.1) is 23.4 Å². The molecule has 0 bridgehead atoms. The van der Waals surface area contributed by atoms with E-state index in [1.54, 1.807) is 6.07 Å². The summed E-state index contributed by atoms with van der Waals surface area (Å²) in [6.07, 6.45) is 0.850. The third-order valence-corrected chi connectivity index (χ3v) is 8.55. The molecule has 2 aromatic carbocycles. The van der Waals surface area contributed by atoms with Gasteiger partial charge in [-0.3, -0.25) is 4.79 Å². The van der Waals surface area contributed by atoms with Crippen molar-refractivity contribution in [1.82, 2.24) is 9.29 Å². The molecule has 3 heterocycles. The number of thioether (sulfide) groups is 1. The lowest BCUT2D eigenvalue weighted by atomic mass is 10.2. The van der Waals surface area contributed by atoms with Gasteiger partial charge in [-0.15, -0.1) is 0 Å². The summed E-state index contributed by atoms with van der Waals surface area (Å²) in [6, 6.07) is 12.6. The number of ether oxygens (including phenoxy) is 1. The van der Waals surface area contributed by atoms with Crippen LogP contribution in [0, 0.1) is 0 Å². The van der Waals surface area contributed by atoms with E-state index >= 15 is 0 Å². The zero-order valence-corrected chi connectivity index (χ0v) is 19.2. The summed E-state index contributed by atoms with van der Waals surface area (Å²) in [7, 11) is -3.62. The molecule has 1 fully saturated rings. The molecule has 5 rings (SSSR count). The Hall–Kier alpha value is -2.40. The Labute approximate surface area is 190 Å². The topological polar surface area (TPSA) is 93.0 Å². The Bertz CT molecular complexity index is 1270. The van der Waals surface area contributed by atoms with Gasteiger partial charge < -0.3 is 14.1 Å². The second-order valence-corrected chi connectivity index (χ2v) is 11.0.